The Kier molecular flexibility index (Phi) is 4.34. The third-order valence-corrected chi connectivity index (χ3v) is 4.14. The van der Waals surface area contributed by atoms with Crippen LogP contribution in [0.25, 0.3) is 0 Å². The summed E-state index contributed by atoms with van der Waals surface area (Å²) in [7, 11) is 1.27. The largest absolute Gasteiger partial charge is 0.491 e. The van der Waals surface area contributed by atoms with Crippen LogP contribution in [0.1, 0.15) is 20.3 Å². The van der Waals surface area contributed by atoms with Gasteiger partial charge >= 0.3 is 0 Å². The molecule has 2 N–H and O–H groups in total. The number of hydrogen-bond acceptors (Lipinski definition) is 3. The summed E-state index contributed by atoms with van der Waals surface area (Å²) in [6.45, 7) is 4.59. The van der Waals surface area contributed by atoms with Gasteiger partial charge in [0.05, 0.1) is 12.8 Å². The van der Waals surface area contributed by atoms with Gasteiger partial charge in [-0.2, -0.15) is 4.39 Å². The van der Waals surface area contributed by atoms with Crippen molar-refractivity contribution in [2.75, 3.05) is 18.6 Å². The van der Waals surface area contributed by atoms with E-state index in [4.69, 9.17) is 10.5 Å². The molecule has 116 valence electrons. The third-order valence-electron chi connectivity index (χ3n) is 4.14. The minimum atomic E-state index is -1.05. The van der Waals surface area contributed by atoms with E-state index in [1.165, 1.54) is 13.2 Å². The lowest BCUT2D eigenvalue weighted by Crippen LogP contribution is -2.45. The Morgan fingerprint density at radius 3 is 2.62 bits per heavy atom. The highest BCUT2D eigenvalue weighted by Gasteiger charge is 2.41. The molecule has 2 unspecified atom stereocenters. The Morgan fingerprint density at radius 2 is 2.10 bits per heavy atom. The van der Waals surface area contributed by atoms with Crippen molar-refractivity contribution in [3.05, 3.63) is 23.8 Å². The number of anilines is 1. The molecule has 6 heteroatoms. The van der Waals surface area contributed by atoms with Crippen molar-refractivity contribution >= 4 is 11.6 Å². The van der Waals surface area contributed by atoms with Crippen molar-refractivity contribution in [3.63, 3.8) is 0 Å². The highest BCUT2D eigenvalue weighted by atomic mass is 19.2. The summed E-state index contributed by atoms with van der Waals surface area (Å²) in [6, 6.07) is 1.92. The quantitative estimate of drug-likeness (QED) is 0.928. The minimum absolute atomic E-state index is 0.0836. The van der Waals surface area contributed by atoms with Gasteiger partial charge < -0.3 is 15.4 Å². The Bertz CT molecular complexity index is 549. The van der Waals surface area contributed by atoms with Crippen LogP contribution in [0.5, 0.6) is 5.75 Å². The first kappa shape index (κ1) is 15.5. The number of ether oxygens (including phenoxy) is 1. The summed E-state index contributed by atoms with van der Waals surface area (Å²) in [4.78, 5) is 13.5. The molecule has 1 saturated heterocycles. The smallest absolute Gasteiger partial charge is 0.240 e. The maximum atomic E-state index is 13.9. The minimum Gasteiger partial charge on any atom is -0.491 e. The van der Waals surface area contributed by atoms with Crippen molar-refractivity contribution in [1.29, 1.82) is 0 Å². The first-order valence-electron chi connectivity index (χ1n) is 6.96. The number of carbonyl (C=O) groups excluding carboxylic acids is 1. The number of amides is 1. The van der Waals surface area contributed by atoms with Crippen LogP contribution in [-0.2, 0) is 4.79 Å². The van der Waals surface area contributed by atoms with Gasteiger partial charge in [-0.3, -0.25) is 4.79 Å². The zero-order valence-corrected chi connectivity index (χ0v) is 12.4. The Morgan fingerprint density at radius 1 is 1.43 bits per heavy atom. The van der Waals surface area contributed by atoms with E-state index >= 15 is 0 Å². The maximum absolute atomic E-state index is 13.9. The molecule has 0 aromatic heterocycles. The second-order valence-corrected chi connectivity index (χ2v) is 5.65. The average molecular weight is 298 g/mol. The van der Waals surface area contributed by atoms with Gasteiger partial charge in [-0.05, 0) is 30.4 Å². The molecule has 0 radical (unpaired) electrons. The molecular formula is C15H20F2N2O2. The summed E-state index contributed by atoms with van der Waals surface area (Å²) >= 11 is 0. The van der Waals surface area contributed by atoms with Gasteiger partial charge in [-0.15, -0.1) is 0 Å². The van der Waals surface area contributed by atoms with Crippen molar-refractivity contribution in [3.8, 4) is 5.75 Å². The molecule has 1 aromatic carbocycles. The number of nitrogens with zero attached hydrogens (tertiary/aromatic N) is 1. The zero-order chi connectivity index (χ0) is 15.7. The Balaban J connectivity index is 2.46. The number of halogens is 2. The normalized spacial score (nSPS) is 21.9. The molecule has 21 heavy (non-hydrogen) atoms. The Labute approximate surface area is 122 Å². The highest BCUT2D eigenvalue weighted by molar-refractivity contribution is 5.85. The summed E-state index contributed by atoms with van der Waals surface area (Å²) in [5.74, 6) is -2.33. The molecule has 1 fully saturated rings. The summed E-state index contributed by atoms with van der Waals surface area (Å²) in [5, 5.41) is 0. The third kappa shape index (κ3) is 2.66. The van der Waals surface area contributed by atoms with Crippen LogP contribution in [0.15, 0.2) is 12.1 Å². The van der Waals surface area contributed by atoms with Crippen molar-refractivity contribution in [1.82, 2.24) is 0 Å². The van der Waals surface area contributed by atoms with Crippen LogP contribution in [0.3, 0.4) is 0 Å². The predicted octanol–water partition coefficient (Wildman–Crippen LogP) is 2.31. The number of hydrogen-bond donors (Lipinski definition) is 1. The van der Waals surface area contributed by atoms with Crippen LogP contribution >= 0.6 is 0 Å². The molecule has 1 heterocycles. The van der Waals surface area contributed by atoms with Gasteiger partial charge in [-0.1, -0.05) is 13.8 Å². The fourth-order valence-electron chi connectivity index (χ4n) is 3.09. The van der Waals surface area contributed by atoms with Crippen molar-refractivity contribution in [2.45, 2.75) is 26.3 Å². The highest BCUT2D eigenvalue weighted by Crippen LogP contribution is 2.40. The van der Waals surface area contributed by atoms with E-state index in [-0.39, 0.29) is 17.6 Å². The number of primary amides is 1. The molecule has 1 amide bonds. The monoisotopic (exact) mass is 298 g/mol. The Hall–Kier alpha value is -1.85. The van der Waals surface area contributed by atoms with E-state index < -0.39 is 23.6 Å². The standard InChI is InChI=1S/C15H20F2N2O2/c1-8(2)9-6-7-19(13(9)15(18)20)11-5-4-10(16)12(17)14(11)21-3/h4-5,8-9,13H,6-7H2,1-3H3,(H2,18,20). The van der Waals surface area contributed by atoms with Crippen molar-refractivity contribution in [2.24, 2.45) is 17.6 Å². The lowest BCUT2D eigenvalue weighted by Gasteiger charge is -2.30. The molecule has 1 aliphatic heterocycles. The van der Waals surface area contributed by atoms with E-state index in [0.717, 1.165) is 12.5 Å². The fourth-order valence-corrected chi connectivity index (χ4v) is 3.09. The van der Waals surface area contributed by atoms with Crippen LogP contribution in [0, 0.1) is 23.5 Å². The number of nitrogens with two attached hydrogens (primary N) is 1. The molecule has 1 aromatic rings. The van der Waals surface area contributed by atoms with Gasteiger partial charge in [0, 0.05) is 6.54 Å². The predicted molar refractivity (Wildman–Crippen MR) is 76.2 cm³/mol. The fraction of sp³-hybridized carbons (Fsp3) is 0.533. The first-order chi connectivity index (χ1) is 9.88. The van der Waals surface area contributed by atoms with Crippen molar-refractivity contribution < 1.29 is 18.3 Å². The van der Waals surface area contributed by atoms with E-state index in [9.17, 15) is 13.6 Å². The summed E-state index contributed by atoms with van der Waals surface area (Å²) in [5.41, 5.74) is 5.89. The summed E-state index contributed by atoms with van der Waals surface area (Å²) in [6.07, 6.45) is 0.771. The molecular weight excluding hydrogens is 278 g/mol. The lowest BCUT2D eigenvalue weighted by atomic mass is 9.88. The SMILES string of the molecule is COc1c(N2CCC(C(C)C)C2C(N)=O)ccc(F)c1F. The van der Waals surface area contributed by atoms with Crippen LogP contribution in [0.2, 0.25) is 0 Å². The second-order valence-electron chi connectivity index (χ2n) is 5.65. The molecule has 0 aliphatic carbocycles. The van der Waals surface area contributed by atoms with Gasteiger partial charge in [0.25, 0.3) is 0 Å². The topological polar surface area (TPSA) is 55.6 Å². The van der Waals surface area contributed by atoms with E-state index in [1.54, 1.807) is 4.90 Å². The molecule has 0 spiro atoms. The number of benzene rings is 1. The molecule has 2 atom stereocenters. The van der Waals surface area contributed by atoms with Gasteiger partial charge in [-0.25, -0.2) is 4.39 Å². The number of methoxy groups -OCH3 is 1. The van der Waals surface area contributed by atoms with Crippen LogP contribution in [0.4, 0.5) is 14.5 Å². The molecule has 1 aliphatic rings. The van der Waals surface area contributed by atoms with Crippen LogP contribution < -0.4 is 15.4 Å². The average Bonchev–Trinajstić information content (AvgIpc) is 2.86. The molecule has 0 saturated carbocycles. The second kappa shape index (κ2) is 5.87. The van der Waals surface area contributed by atoms with Gasteiger partial charge in [0.15, 0.2) is 11.6 Å². The first-order valence-corrected chi connectivity index (χ1v) is 6.96. The zero-order valence-electron chi connectivity index (χ0n) is 12.4. The van der Waals surface area contributed by atoms with Crippen LogP contribution in [-0.4, -0.2) is 25.6 Å². The number of carbonyl (C=O) groups is 1. The molecule has 4 nitrogen and oxygen atoms in total. The lowest BCUT2D eigenvalue weighted by molar-refractivity contribution is -0.120. The number of rotatable bonds is 4. The van der Waals surface area contributed by atoms with E-state index in [2.05, 4.69) is 0 Å². The molecule has 2 rings (SSSR count). The molecule has 0 bridgehead atoms. The van der Waals surface area contributed by atoms with E-state index in [0.29, 0.717) is 12.2 Å². The summed E-state index contributed by atoms with van der Waals surface area (Å²) < 4.78 is 32.2. The van der Waals surface area contributed by atoms with Gasteiger partial charge in [0.1, 0.15) is 6.04 Å². The van der Waals surface area contributed by atoms with Gasteiger partial charge in [0.2, 0.25) is 11.7 Å². The maximum Gasteiger partial charge on any atom is 0.240 e. The van der Waals surface area contributed by atoms with E-state index in [1.807, 2.05) is 13.8 Å².